The summed E-state index contributed by atoms with van der Waals surface area (Å²) in [5.41, 5.74) is 10.6. The Morgan fingerprint density at radius 3 is 1.55 bits per heavy atom. The highest BCUT2D eigenvalue weighted by atomic mass is 15.0. The third-order valence-corrected chi connectivity index (χ3v) is 10.0. The van der Waals surface area contributed by atoms with Crippen molar-refractivity contribution in [3.63, 3.8) is 0 Å². The van der Waals surface area contributed by atoms with E-state index in [1.807, 2.05) is 60.7 Å². The maximum Gasteiger partial charge on any atom is 0.164 e. The van der Waals surface area contributed by atoms with Crippen LogP contribution in [-0.4, -0.2) is 19.5 Å². The van der Waals surface area contributed by atoms with Crippen LogP contribution in [0.3, 0.4) is 0 Å². The van der Waals surface area contributed by atoms with E-state index in [2.05, 4.69) is 138 Å². The molecule has 4 nitrogen and oxygen atoms in total. The van der Waals surface area contributed by atoms with Crippen LogP contribution < -0.4 is 0 Å². The largest absolute Gasteiger partial charge is 0.309 e. The maximum atomic E-state index is 5.16. The summed E-state index contributed by atoms with van der Waals surface area (Å²) in [6.07, 6.45) is 0. The summed E-state index contributed by atoms with van der Waals surface area (Å²) in [5.74, 6) is 1.89. The van der Waals surface area contributed by atoms with Crippen LogP contribution in [0.25, 0.3) is 94.7 Å². The lowest BCUT2D eigenvalue weighted by Gasteiger charge is -2.16. The van der Waals surface area contributed by atoms with Crippen LogP contribution in [0.2, 0.25) is 0 Å². The zero-order chi connectivity index (χ0) is 35.1. The van der Waals surface area contributed by atoms with Crippen molar-refractivity contribution in [2.75, 3.05) is 0 Å². The van der Waals surface area contributed by atoms with Crippen LogP contribution in [0.15, 0.2) is 194 Å². The Hall–Kier alpha value is -7.17. The summed E-state index contributed by atoms with van der Waals surface area (Å²) in [4.78, 5) is 15.3. The zero-order valence-electron chi connectivity index (χ0n) is 28.8. The van der Waals surface area contributed by atoms with Gasteiger partial charge >= 0.3 is 0 Å². The van der Waals surface area contributed by atoms with Gasteiger partial charge in [0.1, 0.15) is 0 Å². The summed E-state index contributed by atoms with van der Waals surface area (Å²) < 4.78 is 2.39. The fourth-order valence-corrected chi connectivity index (χ4v) is 7.46. The van der Waals surface area contributed by atoms with Crippen molar-refractivity contribution in [2.24, 2.45) is 0 Å². The Morgan fingerprint density at radius 2 is 0.849 bits per heavy atom. The molecule has 10 aromatic rings. The van der Waals surface area contributed by atoms with E-state index < -0.39 is 0 Å². The molecule has 0 aliphatic rings. The van der Waals surface area contributed by atoms with Gasteiger partial charge in [0.2, 0.25) is 0 Å². The predicted octanol–water partition coefficient (Wildman–Crippen LogP) is 12.5. The first-order chi connectivity index (χ1) is 26.3. The Bertz CT molecular complexity index is 2870. The van der Waals surface area contributed by atoms with E-state index in [-0.39, 0.29) is 0 Å². The van der Waals surface area contributed by atoms with E-state index in [1.165, 1.54) is 32.6 Å². The fourth-order valence-electron chi connectivity index (χ4n) is 7.46. The quantitative estimate of drug-likeness (QED) is 0.176. The standard InChI is InChI=1S/C49H32N4/c1-4-15-33(16-5-1)36-23-14-24-39(29-36)43-32-40(53-45-26-13-12-25-41(45)44-30-37-21-10-11-22-38(37)31-46(44)53)27-28-42(43)49-51-47(34-17-6-2-7-18-34)50-48(52-49)35-19-8-3-9-20-35/h1-32H. The molecular formula is C49H32N4. The van der Waals surface area contributed by atoms with E-state index in [4.69, 9.17) is 15.0 Å². The molecule has 2 aromatic heterocycles. The number of aromatic nitrogens is 4. The second-order valence-electron chi connectivity index (χ2n) is 13.3. The van der Waals surface area contributed by atoms with Crippen LogP contribution >= 0.6 is 0 Å². The van der Waals surface area contributed by atoms with E-state index >= 15 is 0 Å². The number of hydrogen-bond acceptors (Lipinski definition) is 3. The number of para-hydroxylation sites is 1. The second kappa shape index (κ2) is 12.9. The second-order valence-corrected chi connectivity index (χ2v) is 13.3. The molecule has 0 radical (unpaired) electrons. The summed E-state index contributed by atoms with van der Waals surface area (Å²) in [6, 6.07) is 68.2. The van der Waals surface area contributed by atoms with Gasteiger partial charge in [-0.3, -0.25) is 0 Å². The van der Waals surface area contributed by atoms with Gasteiger partial charge in [0.25, 0.3) is 0 Å². The van der Waals surface area contributed by atoms with Crippen LogP contribution in [0.1, 0.15) is 0 Å². The molecule has 0 fully saturated rings. The average Bonchev–Trinajstić information content (AvgIpc) is 3.56. The Balaban J connectivity index is 1.25. The molecular weight excluding hydrogens is 645 g/mol. The first-order valence-electron chi connectivity index (χ1n) is 17.9. The summed E-state index contributed by atoms with van der Waals surface area (Å²) in [5, 5.41) is 4.90. The molecule has 53 heavy (non-hydrogen) atoms. The van der Waals surface area contributed by atoms with Crippen LogP contribution in [-0.2, 0) is 0 Å². The predicted molar refractivity (Wildman–Crippen MR) is 219 cm³/mol. The van der Waals surface area contributed by atoms with Gasteiger partial charge in [-0.2, -0.15) is 0 Å². The molecule has 10 rings (SSSR count). The van der Waals surface area contributed by atoms with Gasteiger partial charge in [0, 0.05) is 33.2 Å². The number of nitrogens with zero attached hydrogens (tertiary/aromatic N) is 4. The minimum Gasteiger partial charge on any atom is -0.309 e. The van der Waals surface area contributed by atoms with Crippen molar-refractivity contribution in [1.82, 2.24) is 19.5 Å². The molecule has 0 bridgehead atoms. The SMILES string of the molecule is c1ccc(-c2cccc(-c3cc(-n4c5ccccc5c5cc6ccccc6cc54)ccc3-c3nc(-c4ccccc4)nc(-c4ccccc4)n3)c2)cc1. The van der Waals surface area contributed by atoms with Gasteiger partial charge in [-0.1, -0.05) is 152 Å². The molecule has 0 N–H and O–H groups in total. The van der Waals surface area contributed by atoms with Crippen LogP contribution in [0.4, 0.5) is 0 Å². The van der Waals surface area contributed by atoms with Gasteiger partial charge in [-0.15, -0.1) is 0 Å². The van der Waals surface area contributed by atoms with Crippen molar-refractivity contribution >= 4 is 32.6 Å². The monoisotopic (exact) mass is 676 g/mol. The molecule has 248 valence electrons. The molecule has 8 aromatic carbocycles. The van der Waals surface area contributed by atoms with E-state index in [9.17, 15) is 0 Å². The van der Waals surface area contributed by atoms with Crippen molar-refractivity contribution in [3.05, 3.63) is 194 Å². The first kappa shape index (κ1) is 30.6. The van der Waals surface area contributed by atoms with Gasteiger partial charge in [0.15, 0.2) is 17.5 Å². The van der Waals surface area contributed by atoms with Crippen LogP contribution in [0, 0.1) is 0 Å². The summed E-state index contributed by atoms with van der Waals surface area (Å²) >= 11 is 0. The highest BCUT2D eigenvalue weighted by Gasteiger charge is 2.19. The zero-order valence-corrected chi connectivity index (χ0v) is 28.8. The normalized spacial score (nSPS) is 11.4. The van der Waals surface area contributed by atoms with Crippen molar-refractivity contribution in [2.45, 2.75) is 0 Å². The number of fused-ring (bicyclic) bond motifs is 4. The summed E-state index contributed by atoms with van der Waals surface area (Å²) in [7, 11) is 0. The van der Waals surface area contributed by atoms with Crippen molar-refractivity contribution in [1.29, 1.82) is 0 Å². The molecule has 0 saturated carbocycles. The average molecular weight is 677 g/mol. The molecule has 0 aliphatic heterocycles. The number of hydrogen-bond donors (Lipinski definition) is 0. The molecule has 4 heteroatoms. The lowest BCUT2D eigenvalue weighted by atomic mass is 9.94. The Kier molecular flexibility index (Phi) is 7.43. The molecule has 0 amide bonds. The minimum atomic E-state index is 0.623. The molecule has 0 spiro atoms. The topological polar surface area (TPSA) is 43.6 Å². The van der Waals surface area contributed by atoms with Gasteiger partial charge < -0.3 is 4.57 Å². The van der Waals surface area contributed by atoms with E-state index in [0.29, 0.717) is 17.5 Å². The van der Waals surface area contributed by atoms with Gasteiger partial charge in [-0.25, -0.2) is 15.0 Å². The lowest BCUT2D eigenvalue weighted by Crippen LogP contribution is -2.02. The van der Waals surface area contributed by atoms with E-state index in [1.54, 1.807) is 0 Å². The summed E-state index contributed by atoms with van der Waals surface area (Å²) in [6.45, 7) is 0. The molecule has 0 unspecified atom stereocenters. The van der Waals surface area contributed by atoms with E-state index in [0.717, 1.165) is 44.6 Å². The van der Waals surface area contributed by atoms with Crippen molar-refractivity contribution in [3.8, 4) is 62.1 Å². The Labute approximate surface area is 307 Å². The van der Waals surface area contributed by atoms with Gasteiger partial charge in [-0.05, 0) is 75.5 Å². The highest BCUT2D eigenvalue weighted by Crippen LogP contribution is 2.39. The lowest BCUT2D eigenvalue weighted by molar-refractivity contribution is 1.07. The fraction of sp³-hybridized carbons (Fsp3) is 0. The Morgan fingerprint density at radius 1 is 0.302 bits per heavy atom. The first-order valence-corrected chi connectivity index (χ1v) is 17.9. The number of rotatable bonds is 6. The van der Waals surface area contributed by atoms with Crippen LogP contribution in [0.5, 0.6) is 0 Å². The highest BCUT2D eigenvalue weighted by molar-refractivity contribution is 6.13. The molecule has 0 atom stereocenters. The molecule has 2 heterocycles. The van der Waals surface area contributed by atoms with Gasteiger partial charge in [0.05, 0.1) is 11.0 Å². The molecule has 0 saturated heterocycles. The maximum absolute atomic E-state index is 5.16. The minimum absolute atomic E-state index is 0.623. The van der Waals surface area contributed by atoms with Crippen molar-refractivity contribution < 1.29 is 0 Å². The smallest absolute Gasteiger partial charge is 0.164 e. The third-order valence-electron chi connectivity index (χ3n) is 10.0. The number of benzene rings is 8. The third kappa shape index (κ3) is 5.54. The molecule has 0 aliphatic carbocycles.